The Bertz CT molecular complexity index is 1420. The summed E-state index contributed by atoms with van der Waals surface area (Å²) in [5, 5.41) is -0.836. The largest absolute Gasteiger partial charge is 0.496 e. The Balaban J connectivity index is 2.25. The Hall–Kier alpha value is -2.93. The summed E-state index contributed by atoms with van der Waals surface area (Å²) in [7, 11) is -2.51. The summed E-state index contributed by atoms with van der Waals surface area (Å²) in [5.41, 5.74) is -2.98. The predicted molar refractivity (Wildman–Crippen MR) is 124 cm³/mol. The third-order valence-electron chi connectivity index (χ3n) is 4.82. The maximum Gasteiger partial charge on any atom is 0.417 e. The maximum atomic E-state index is 14.6. The molecule has 0 radical (unpaired) electrons. The fraction of sp³-hybridized carbons (Fsp3) is 0.182. The van der Waals surface area contributed by atoms with Gasteiger partial charge in [-0.2, -0.15) is 13.2 Å². The van der Waals surface area contributed by atoms with E-state index < -0.39 is 67.0 Å². The first-order chi connectivity index (χ1) is 16.8. The lowest BCUT2D eigenvalue weighted by Gasteiger charge is -2.25. The Morgan fingerprint density at radius 3 is 2.42 bits per heavy atom. The number of pyridine rings is 1. The molecule has 0 aliphatic rings. The number of ketones is 1. The van der Waals surface area contributed by atoms with E-state index in [-0.39, 0.29) is 10.8 Å². The van der Waals surface area contributed by atoms with Gasteiger partial charge in [0.15, 0.2) is 0 Å². The monoisotopic (exact) mass is 566 g/mol. The number of carbonyl (C=O) groups excluding carboxylic acids is 1. The van der Waals surface area contributed by atoms with Crippen molar-refractivity contribution in [3.05, 3.63) is 81.3 Å². The van der Waals surface area contributed by atoms with E-state index >= 15 is 0 Å². The van der Waals surface area contributed by atoms with Crippen molar-refractivity contribution in [2.75, 3.05) is 25.3 Å². The fourth-order valence-corrected chi connectivity index (χ4v) is 4.98. The normalized spacial score (nSPS) is 11.9. The van der Waals surface area contributed by atoms with Crippen LogP contribution in [-0.2, 0) is 20.9 Å². The molecule has 0 aliphatic carbocycles. The molecule has 0 aliphatic heterocycles. The van der Waals surface area contributed by atoms with Gasteiger partial charge in [0.1, 0.15) is 29.6 Å². The first kappa shape index (κ1) is 27.7. The van der Waals surface area contributed by atoms with E-state index in [1.54, 1.807) is 0 Å². The van der Waals surface area contributed by atoms with Crippen molar-refractivity contribution in [2.45, 2.75) is 11.1 Å². The molecule has 0 saturated heterocycles. The quantitative estimate of drug-likeness (QED) is 0.201. The summed E-state index contributed by atoms with van der Waals surface area (Å²) in [6.07, 6.45) is -3.93. The summed E-state index contributed by atoms with van der Waals surface area (Å²) < 4.78 is 92.2. The molecule has 3 aromatic rings. The first-order valence-corrected chi connectivity index (χ1v) is 11.9. The number of alkyl halides is 3. The van der Waals surface area contributed by atoms with Crippen LogP contribution in [0.3, 0.4) is 0 Å². The van der Waals surface area contributed by atoms with Crippen LogP contribution >= 0.6 is 23.2 Å². The number of nitrogens with zero attached hydrogens (tertiary/aromatic N) is 2. The van der Waals surface area contributed by atoms with Gasteiger partial charge in [-0.3, -0.25) is 4.79 Å². The SMILES string of the molecule is COCN(c1cc(Cl)cnc1C(=O)c1c(F)cccc1OC)S(=O)(=O)c1ccc(Cl)c(C(F)(F)F)c1. The number of benzene rings is 2. The molecule has 0 N–H and O–H groups in total. The number of methoxy groups -OCH3 is 2. The van der Waals surface area contributed by atoms with Crippen LogP contribution in [0.4, 0.5) is 23.2 Å². The number of halogens is 6. The van der Waals surface area contributed by atoms with Gasteiger partial charge in [0.2, 0.25) is 5.78 Å². The molecule has 7 nitrogen and oxygen atoms in total. The van der Waals surface area contributed by atoms with Crippen molar-refractivity contribution >= 4 is 44.7 Å². The van der Waals surface area contributed by atoms with Crippen LogP contribution in [0.15, 0.2) is 53.6 Å². The van der Waals surface area contributed by atoms with E-state index in [1.807, 2.05) is 0 Å². The molecule has 192 valence electrons. The highest BCUT2D eigenvalue weighted by Gasteiger charge is 2.37. The van der Waals surface area contributed by atoms with Crippen LogP contribution in [0.25, 0.3) is 0 Å². The number of anilines is 1. The lowest BCUT2D eigenvalue weighted by molar-refractivity contribution is -0.137. The number of hydrogen-bond donors (Lipinski definition) is 0. The molecule has 2 aromatic carbocycles. The second-order valence-corrected chi connectivity index (χ2v) is 9.78. The zero-order valence-electron chi connectivity index (χ0n) is 18.4. The van der Waals surface area contributed by atoms with E-state index in [4.69, 9.17) is 32.7 Å². The number of carbonyl (C=O) groups is 1. The van der Waals surface area contributed by atoms with Crippen LogP contribution in [0.1, 0.15) is 21.6 Å². The molecule has 0 bridgehead atoms. The summed E-state index contributed by atoms with van der Waals surface area (Å²) in [4.78, 5) is 16.4. The summed E-state index contributed by atoms with van der Waals surface area (Å²) in [5.74, 6) is -2.20. The van der Waals surface area contributed by atoms with Gasteiger partial charge in [-0.15, -0.1) is 0 Å². The van der Waals surface area contributed by atoms with Gasteiger partial charge in [-0.25, -0.2) is 22.1 Å². The van der Waals surface area contributed by atoms with E-state index in [0.717, 1.165) is 37.6 Å². The van der Waals surface area contributed by atoms with Gasteiger partial charge in [-0.1, -0.05) is 29.3 Å². The molecule has 3 rings (SSSR count). The highest BCUT2D eigenvalue weighted by molar-refractivity contribution is 7.92. The second-order valence-electron chi connectivity index (χ2n) is 7.08. The first-order valence-electron chi connectivity index (χ1n) is 9.74. The van der Waals surface area contributed by atoms with Gasteiger partial charge in [-0.05, 0) is 36.4 Å². The van der Waals surface area contributed by atoms with Gasteiger partial charge < -0.3 is 9.47 Å². The number of hydrogen-bond acceptors (Lipinski definition) is 6. The van der Waals surface area contributed by atoms with Crippen LogP contribution in [-0.4, -0.2) is 40.1 Å². The molecule has 0 fully saturated rings. The Morgan fingerprint density at radius 2 is 1.81 bits per heavy atom. The highest BCUT2D eigenvalue weighted by Crippen LogP contribution is 2.38. The molecule has 0 saturated carbocycles. The Kier molecular flexibility index (Phi) is 8.13. The summed E-state index contributed by atoms with van der Waals surface area (Å²) >= 11 is 11.6. The summed E-state index contributed by atoms with van der Waals surface area (Å²) in [6.45, 7) is -0.761. The molecule has 0 amide bonds. The second kappa shape index (κ2) is 10.6. The molecule has 36 heavy (non-hydrogen) atoms. The minimum absolute atomic E-state index is 0.120. The average molecular weight is 567 g/mol. The predicted octanol–water partition coefficient (Wildman–Crippen LogP) is 5.59. The number of aromatic nitrogens is 1. The Morgan fingerprint density at radius 1 is 1.11 bits per heavy atom. The minimum atomic E-state index is -4.95. The fourth-order valence-electron chi connectivity index (χ4n) is 3.20. The van der Waals surface area contributed by atoms with Crippen LogP contribution < -0.4 is 9.04 Å². The smallest absolute Gasteiger partial charge is 0.417 e. The van der Waals surface area contributed by atoms with Crippen LogP contribution in [0, 0.1) is 5.82 Å². The van der Waals surface area contributed by atoms with Gasteiger partial charge >= 0.3 is 6.18 Å². The molecule has 0 spiro atoms. The topological polar surface area (TPSA) is 85.8 Å². The molecule has 1 heterocycles. The van der Waals surface area contributed by atoms with Crippen molar-refractivity contribution in [2.24, 2.45) is 0 Å². The number of rotatable bonds is 8. The van der Waals surface area contributed by atoms with Gasteiger partial charge in [0, 0.05) is 13.3 Å². The third-order valence-corrected chi connectivity index (χ3v) is 7.09. The molecular formula is C22H16Cl2F4N2O5S. The van der Waals surface area contributed by atoms with E-state index in [9.17, 15) is 30.8 Å². The molecule has 14 heteroatoms. The van der Waals surface area contributed by atoms with Crippen molar-refractivity contribution in [1.82, 2.24) is 4.98 Å². The Labute approximate surface area is 213 Å². The zero-order valence-corrected chi connectivity index (χ0v) is 20.8. The highest BCUT2D eigenvalue weighted by atomic mass is 35.5. The van der Waals surface area contributed by atoms with Crippen molar-refractivity contribution in [1.29, 1.82) is 0 Å². The lowest BCUT2D eigenvalue weighted by atomic mass is 10.0. The van der Waals surface area contributed by atoms with Gasteiger partial charge in [0.05, 0.1) is 33.3 Å². The van der Waals surface area contributed by atoms with Crippen molar-refractivity contribution in [3.8, 4) is 5.75 Å². The number of ether oxygens (including phenoxy) is 2. The van der Waals surface area contributed by atoms with Crippen molar-refractivity contribution in [3.63, 3.8) is 0 Å². The standard InChI is InChI=1S/C22H16Cl2F4N2O5S/c1-34-11-30(36(32,33)13-6-7-15(24)14(9-13)22(26,27)28)17-8-12(23)10-29-20(17)21(31)19-16(25)4-3-5-18(19)35-2/h3-10H,11H2,1-2H3. The minimum Gasteiger partial charge on any atom is -0.496 e. The third kappa shape index (κ3) is 5.41. The average Bonchev–Trinajstić information content (AvgIpc) is 2.81. The molecule has 0 atom stereocenters. The van der Waals surface area contributed by atoms with E-state index in [0.29, 0.717) is 10.4 Å². The van der Waals surface area contributed by atoms with Crippen LogP contribution in [0.5, 0.6) is 5.75 Å². The lowest BCUT2D eigenvalue weighted by Crippen LogP contribution is -2.34. The van der Waals surface area contributed by atoms with E-state index in [1.165, 1.54) is 19.2 Å². The van der Waals surface area contributed by atoms with Gasteiger partial charge in [0.25, 0.3) is 10.0 Å². The molecule has 0 unspecified atom stereocenters. The molecule has 1 aromatic heterocycles. The van der Waals surface area contributed by atoms with Crippen LogP contribution in [0.2, 0.25) is 10.0 Å². The number of sulfonamides is 1. The molecular weight excluding hydrogens is 551 g/mol. The van der Waals surface area contributed by atoms with Crippen molar-refractivity contribution < 1.29 is 40.2 Å². The zero-order chi connectivity index (χ0) is 26.8. The van der Waals surface area contributed by atoms with E-state index in [2.05, 4.69) is 4.98 Å². The maximum absolute atomic E-state index is 14.6. The summed E-state index contributed by atoms with van der Waals surface area (Å²) in [6, 6.07) is 6.60.